The molecule has 9 nitrogen and oxygen atoms in total. The van der Waals surface area contributed by atoms with Gasteiger partial charge in [-0.3, -0.25) is 4.79 Å². The fraction of sp³-hybridized carbons (Fsp3) is 0.136. The summed E-state index contributed by atoms with van der Waals surface area (Å²) in [6, 6.07) is 14.0. The molecule has 0 fully saturated rings. The number of sulfone groups is 1. The highest BCUT2D eigenvalue weighted by Gasteiger charge is 2.24. The molecule has 0 saturated heterocycles. The van der Waals surface area contributed by atoms with Crippen molar-refractivity contribution in [1.82, 2.24) is 14.8 Å². The lowest BCUT2D eigenvalue weighted by Gasteiger charge is -2.16. The van der Waals surface area contributed by atoms with E-state index in [0.717, 1.165) is 0 Å². The number of hydrogen-bond donors (Lipinski definition) is 3. The van der Waals surface area contributed by atoms with E-state index >= 15 is 0 Å². The van der Waals surface area contributed by atoms with Crippen molar-refractivity contribution in [3.05, 3.63) is 82.9 Å². The second-order valence-electron chi connectivity index (χ2n) is 6.96. The maximum atomic E-state index is 13.3. The molecule has 2 aromatic heterocycles. The summed E-state index contributed by atoms with van der Waals surface area (Å²) >= 11 is 0. The average molecular weight is 452 g/mol. The van der Waals surface area contributed by atoms with Crippen LogP contribution >= 0.6 is 0 Å². The van der Waals surface area contributed by atoms with Gasteiger partial charge in [0.1, 0.15) is 0 Å². The fourth-order valence-electron chi connectivity index (χ4n) is 3.38. The van der Waals surface area contributed by atoms with Gasteiger partial charge >= 0.3 is 0 Å². The van der Waals surface area contributed by atoms with Gasteiger partial charge in [-0.15, -0.1) is 0 Å². The summed E-state index contributed by atoms with van der Waals surface area (Å²) in [5.74, 6) is -0.198. The summed E-state index contributed by atoms with van der Waals surface area (Å²) in [5, 5.41) is 26.8. The quantitative estimate of drug-likeness (QED) is 0.386. The lowest BCUT2D eigenvalue weighted by atomic mass is 10.1. The van der Waals surface area contributed by atoms with Crippen LogP contribution in [0.5, 0.6) is 5.88 Å². The molecular weight excluding hydrogens is 432 g/mol. The molecule has 0 aliphatic heterocycles. The second kappa shape index (κ2) is 8.77. The molecule has 0 saturated carbocycles. The largest absolute Gasteiger partial charge is 0.493 e. The number of rotatable bonds is 7. The van der Waals surface area contributed by atoms with Gasteiger partial charge in [0.05, 0.1) is 40.2 Å². The zero-order valence-electron chi connectivity index (χ0n) is 16.8. The van der Waals surface area contributed by atoms with Crippen LogP contribution in [0.4, 0.5) is 5.69 Å². The molecule has 0 radical (unpaired) electrons. The average Bonchev–Trinajstić information content (AvgIpc) is 2.81. The van der Waals surface area contributed by atoms with Gasteiger partial charge in [-0.2, -0.15) is 5.10 Å². The summed E-state index contributed by atoms with van der Waals surface area (Å²) in [6.45, 7) is -0.146. The van der Waals surface area contributed by atoms with Crippen LogP contribution in [-0.2, 0) is 16.4 Å². The fourth-order valence-corrected chi connectivity index (χ4v) is 4.85. The second-order valence-corrected chi connectivity index (χ2v) is 8.88. The minimum atomic E-state index is -3.89. The molecule has 0 bridgehead atoms. The predicted molar refractivity (Wildman–Crippen MR) is 118 cm³/mol. The van der Waals surface area contributed by atoms with Crippen LogP contribution in [0.1, 0.15) is 5.56 Å². The van der Waals surface area contributed by atoms with Gasteiger partial charge in [0, 0.05) is 23.7 Å². The third-order valence-electron chi connectivity index (χ3n) is 4.94. The molecule has 10 heteroatoms. The summed E-state index contributed by atoms with van der Waals surface area (Å²) in [4.78, 5) is 17.0. The van der Waals surface area contributed by atoms with Crippen molar-refractivity contribution < 1.29 is 18.6 Å². The number of nitrogens with zero attached hydrogens (tertiary/aromatic N) is 3. The first-order valence-corrected chi connectivity index (χ1v) is 11.2. The standard InChI is InChI=1S/C22H20N4O5S/c27-12-11-23-20-18-13-25-26(14-15-5-4-10-24-21(15)28)22(29)17(18)8-9-19(20)32(30,31)16-6-2-1-3-7-16/h1-10,13,23,27H,11-12,14H2,(H,24,28). The Morgan fingerprint density at radius 3 is 2.50 bits per heavy atom. The van der Waals surface area contributed by atoms with Crippen LogP contribution in [0, 0.1) is 0 Å². The van der Waals surface area contributed by atoms with E-state index in [1.807, 2.05) is 0 Å². The predicted octanol–water partition coefficient (Wildman–Crippen LogP) is 1.78. The molecule has 2 heterocycles. The number of pyridine rings is 1. The van der Waals surface area contributed by atoms with E-state index in [-0.39, 0.29) is 46.4 Å². The molecule has 0 aliphatic rings. The van der Waals surface area contributed by atoms with Gasteiger partial charge in [-0.1, -0.05) is 24.3 Å². The third kappa shape index (κ3) is 3.93. The molecule has 0 unspecified atom stereocenters. The van der Waals surface area contributed by atoms with Crippen LogP contribution in [0.25, 0.3) is 10.8 Å². The van der Waals surface area contributed by atoms with Crippen LogP contribution in [-0.4, -0.2) is 46.5 Å². The Labute approximate surface area is 183 Å². The van der Waals surface area contributed by atoms with E-state index in [4.69, 9.17) is 0 Å². The molecule has 4 aromatic rings. The van der Waals surface area contributed by atoms with Crippen LogP contribution in [0.3, 0.4) is 0 Å². The van der Waals surface area contributed by atoms with Crippen molar-refractivity contribution in [3.8, 4) is 5.88 Å². The molecule has 4 rings (SSSR count). The zero-order chi connectivity index (χ0) is 22.7. The first kappa shape index (κ1) is 21.5. The van der Waals surface area contributed by atoms with Crippen LogP contribution in [0.2, 0.25) is 0 Å². The number of aliphatic hydroxyl groups is 1. The SMILES string of the molecule is O=c1c2ccc(S(=O)(=O)c3ccccc3)c(NCCO)c2cnn1Cc1cccnc1O. The molecular formula is C22H20N4O5S. The summed E-state index contributed by atoms with van der Waals surface area (Å²) in [7, 11) is -3.89. The number of anilines is 1. The first-order chi connectivity index (χ1) is 15.4. The van der Waals surface area contributed by atoms with Gasteiger partial charge < -0.3 is 15.5 Å². The number of hydrogen-bond acceptors (Lipinski definition) is 8. The van der Waals surface area contributed by atoms with Crippen molar-refractivity contribution >= 4 is 26.3 Å². The van der Waals surface area contributed by atoms with Gasteiger partial charge in [0.15, 0.2) is 0 Å². The molecule has 0 aliphatic carbocycles. The minimum absolute atomic E-state index is 0.00207. The van der Waals surface area contributed by atoms with Gasteiger partial charge in [-0.05, 0) is 30.3 Å². The monoisotopic (exact) mass is 452 g/mol. The van der Waals surface area contributed by atoms with Crippen LogP contribution in [0.15, 0.2) is 81.6 Å². The van der Waals surface area contributed by atoms with Gasteiger partial charge in [0.2, 0.25) is 15.7 Å². The number of nitrogens with one attached hydrogen (secondary N) is 1. The number of aromatic nitrogens is 3. The highest BCUT2D eigenvalue weighted by atomic mass is 32.2. The number of fused-ring (bicyclic) bond motifs is 1. The highest BCUT2D eigenvalue weighted by Crippen LogP contribution is 2.33. The van der Waals surface area contributed by atoms with Crippen molar-refractivity contribution in [1.29, 1.82) is 0 Å². The highest BCUT2D eigenvalue weighted by molar-refractivity contribution is 7.91. The van der Waals surface area contributed by atoms with E-state index in [0.29, 0.717) is 10.9 Å². The number of aromatic hydroxyl groups is 1. The number of benzene rings is 2. The molecule has 32 heavy (non-hydrogen) atoms. The molecule has 0 amide bonds. The Kier molecular flexibility index (Phi) is 5.89. The number of aliphatic hydroxyl groups excluding tert-OH is 1. The molecule has 0 atom stereocenters. The third-order valence-corrected chi connectivity index (χ3v) is 6.75. The van der Waals surface area contributed by atoms with E-state index in [1.165, 1.54) is 41.3 Å². The Morgan fingerprint density at radius 1 is 1.00 bits per heavy atom. The Bertz CT molecular complexity index is 1440. The maximum absolute atomic E-state index is 13.3. The molecule has 0 spiro atoms. The lowest BCUT2D eigenvalue weighted by Crippen LogP contribution is -2.24. The van der Waals surface area contributed by atoms with Gasteiger partial charge in [-0.25, -0.2) is 18.1 Å². The molecule has 3 N–H and O–H groups in total. The zero-order valence-corrected chi connectivity index (χ0v) is 17.7. The summed E-state index contributed by atoms with van der Waals surface area (Å²) in [6.07, 6.45) is 2.83. The normalized spacial score (nSPS) is 11.5. The summed E-state index contributed by atoms with van der Waals surface area (Å²) < 4.78 is 27.7. The molecule has 164 valence electrons. The minimum Gasteiger partial charge on any atom is -0.493 e. The molecule has 2 aromatic carbocycles. The Morgan fingerprint density at radius 2 is 1.78 bits per heavy atom. The van der Waals surface area contributed by atoms with E-state index in [2.05, 4.69) is 15.4 Å². The van der Waals surface area contributed by atoms with Crippen molar-refractivity contribution in [2.75, 3.05) is 18.5 Å². The Hall–Kier alpha value is -3.76. The van der Waals surface area contributed by atoms with Crippen molar-refractivity contribution in [2.24, 2.45) is 0 Å². The lowest BCUT2D eigenvalue weighted by molar-refractivity contribution is 0.311. The summed E-state index contributed by atoms with van der Waals surface area (Å²) in [5.41, 5.74) is 0.159. The van der Waals surface area contributed by atoms with E-state index in [1.54, 1.807) is 30.3 Å². The first-order valence-electron chi connectivity index (χ1n) is 9.74. The van der Waals surface area contributed by atoms with Gasteiger partial charge in [0.25, 0.3) is 5.56 Å². The van der Waals surface area contributed by atoms with Crippen LogP contribution < -0.4 is 10.9 Å². The smallest absolute Gasteiger partial charge is 0.275 e. The van der Waals surface area contributed by atoms with Crippen molar-refractivity contribution in [2.45, 2.75) is 16.3 Å². The van der Waals surface area contributed by atoms with E-state index in [9.17, 15) is 23.4 Å². The van der Waals surface area contributed by atoms with E-state index < -0.39 is 15.4 Å². The maximum Gasteiger partial charge on any atom is 0.275 e. The topological polar surface area (TPSA) is 134 Å². The Balaban J connectivity index is 1.88. The van der Waals surface area contributed by atoms with Crippen molar-refractivity contribution in [3.63, 3.8) is 0 Å².